The molecule has 3 aliphatic rings. The maximum absolute atomic E-state index is 12.7. The third-order valence-corrected chi connectivity index (χ3v) is 8.05. The zero-order valence-electron chi connectivity index (χ0n) is 24.7. The van der Waals surface area contributed by atoms with Gasteiger partial charge in [0.1, 0.15) is 67.1 Å². The van der Waals surface area contributed by atoms with Crippen LogP contribution < -0.4 is 0 Å². The van der Waals surface area contributed by atoms with Crippen LogP contribution in [0.1, 0.15) is 12.8 Å². The van der Waals surface area contributed by atoms with Gasteiger partial charge in [0.2, 0.25) is 0 Å². The second-order valence-corrected chi connectivity index (χ2v) is 11.3. The molecule has 0 aromatic carbocycles. The molecule has 3 heterocycles. The van der Waals surface area contributed by atoms with Gasteiger partial charge in [0.05, 0.1) is 38.6 Å². The fraction of sp³-hybridized carbons (Fsp3) is 0.846. The predicted octanol–water partition coefficient (Wildman–Crippen LogP) is -7.31. The maximum Gasteiger partial charge on any atom is 0.364 e. The van der Waals surface area contributed by atoms with Gasteiger partial charge in [-0.3, -0.25) is 0 Å². The van der Waals surface area contributed by atoms with Gasteiger partial charge in [-0.1, -0.05) is 6.08 Å². The second kappa shape index (κ2) is 16.1. The van der Waals surface area contributed by atoms with E-state index in [1.807, 2.05) is 0 Å². The van der Waals surface area contributed by atoms with Crippen molar-refractivity contribution in [2.45, 2.75) is 110 Å². The first-order valence-electron chi connectivity index (χ1n) is 14.4. The number of aliphatic hydroxyl groups excluding tert-OH is 11. The molecular weight excluding hydrogens is 648 g/mol. The Labute approximate surface area is 265 Å². The lowest BCUT2D eigenvalue weighted by molar-refractivity contribution is -0.397. The molecule has 0 radical (unpaired) electrons. The van der Waals surface area contributed by atoms with E-state index >= 15 is 0 Å². The zero-order valence-corrected chi connectivity index (χ0v) is 24.7. The summed E-state index contributed by atoms with van der Waals surface area (Å²) < 4.78 is 33.2. The van der Waals surface area contributed by atoms with Gasteiger partial charge in [0.15, 0.2) is 6.29 Å². The summed E-state index contributed by atoms with van der Waals surface area (Å²) in [7, 11) is 0. The Morgan fingerprint density at radius 2 is 1.30 bits per heavy atom. The van der Waals surface area contributed by atoms with Crippen LogP contribution in [0.15, 0.2) is 12.7 Å². The molecule has 0 aliphatic carbocycles. The molecule has 0 amide bonds. The van der Waals surface area contributed by atoms with Crippen LogP contribution in [0.4, 0.5) is 0 Å². The number of aliphatic carboxylic acids is 2. The lowest BCUT2D eigenvalue weighted by Gasteiger charge is -2.51. The predicted molar refractivity (Wildman–Crippen MR) is 144 cm³/mol. The summed E-state index contributed by atoms with van der Waals surface area (Å²) in [4.78, 5) is 25.3. The summed E-state index contributed by atoms with van der Waals surface area (Å²) in [5, 5.41) is 132. The maximum atomic E-state index is 12.7. The number of carbonyl (C=O) groups is 2. The van der Waals surface area contributed by atoms with Crippen molar-refractivity contribution in [3.8, 4) is 0 Å². The molecule has 13 N–H and O–H groups in total. The van der Waals surface area contributed by atoms with Crippen molar-refractivity contribution in [1.29, 1.82) is 0 Å². The van der Waals surface area contributed by atoms with Gasteiger partial charge in [0.25, 0.3) is 11.6 Å². The lowest BCUT2D eigenvalue weighted by Crippen LogP contribution is -2.69. The van der Waals surface area contributed by atoms with Crippen LogP contribution in [0.25, 0.3) is 0 Å². The molecule has 0 aromatic heterocycles. The average Bonchev–Trinajstić information content (AvgIpc) is 3.04. The van der Waals surface area contributed by atoms with Crippen LogP contribution in [0.5, 0.6) is 0 Å². The summed E-state index contributed by atoms with van der Waals surface area (Å²) in [6.07, 6.45) is -29.2. The second-order valence-electron chi connectivity index (χ2n) is 11.3. The minimum Gasteiger partial charge on any atom is -0.477 e. The first-order valence-corrected chi connectivity index (χ1v) is 14.4. The largest absolute Gasteiger partial charge is 0.477 e. The van der Waals surface area contributed by atoms with Crippen LogP contribution in [0.3, 0.4) is 0 Å². The van der Waals surface area contributed by atoms with Gasteiger partial charge in [-0.2, -0.15) is 0 Å². The Balaban J connectivity index is 2.15. The lowest BCUT2D eigenvalue weighted by atomic mass is 9.89. The fourth-order valence-electron chi connectivity index (χ4n) is 5.52. The highest BCUT2D eigenvalue weighted by atomic mass is 16.8. The van der Waals surface area contributed by atoms with E-state index in [2.05, 4.69) is 6.58 Å². The van der Waals surface area contributed by atoms with E-state index in [0.29, 0.717) is 0 Å². The van der Waals surface area contributed by atoms with Crippen LogP contribution in [-0.2, 0) is 38.0 Å². The standard InChI is InChI=1S/C26H42O21/c1-2-3-42-25(23(38)39)5-13(45-26(24(40)41)4-9(30)14(34)19(46-26)11(32)7-28)21(20(47-25)12(33)8-29)44-22-17(37)15(35)16(36)18(43-22)10(31)6-27/h2,9-22,27-37H,1,3-8H2,(H,38,39)(H,40,41)/t9-,10+,11-,12-,13-,14-,15+,16+,17+,18-,19-,20-,21-,22-,25-,26-/m1/s1. The topological polar surface area (TPSA) is 353 Å². The quantitative estimate of drug-likeness (QED) is 0.0709. The molecule has 3 aliphatic heterocycles. The van der Waals surface area contributed by atoms with Crippen LogP contribution in [0.2, 0.25) is 0 Å². The Morgan fingerprint density at radius 3 is 1.83 bits per heavy atom. The van der Waals surface area contributed by atoms with Crippen molar-refractivity contribution in [2.75, 3.05) is 26.4 Å². The fourth-order valence-corrected chi connectivity index (χ4v) is 5.52. The highest BCUT2D eigenvalue weighted by molar-refractivity contribution is 5.77. The smallest absolute Gasteiger partial charge is 0.364 e. The van der Waals surface area contributed by atoms with Gasteiger partial charge in [-0.05, 0) is 0 Å². The summed E-state index contributed by atoms with van der Waals surface area (Å²) in [6.45, 7) is -0.358. The van der Waals surface area contributed by atoms with Crippen molar-refractivity contribution in [3.05, 3.63) is 12.7 Å². The molecule has 3 fully saturated rings. The van der Waals surface area contributed by atoms with Crippen LogP contribution in [0, 0.1) is 0 Å². The summed E-state index contributed by atoms with van der Waals surface area (Å²) in [6, 6.07) is 0. The Kier molecular flexibility index (Phi) is 13.5. The minimum atomic E-state index is -3.07. The molecule has 16 atom stereocenters. The summed E-state index contributed by atoms with van der Waals surface area (Å²) in [5.74, 6) is -9.75. The van der Waals surface area contributed by atoms with E-state index in [9.17, 15) is 76.0 Å². The minimum absolute atomic E-state index is 0.516. The number of aliphatic hydroxyl groups is 11. The molecule has 0 bridgehead atoms. The average molecular weight is 691 g/mol. The number of carboxylic acid groups (broad SMARTS) is 2. The van der Waals surface area contributed by atoms with Crippen LogP contribution in [-0.4, -0.2) is 202 Å². The molecule has 3 saturated heterocycles. The van der Waals surface area contributed by atoms with E-state index in [0.717, 1.165) is 6.08 Å². The molecule has 3 rings (SSSR count). The monoisotopic (exact) mass is 690 g/mol. The van der Waals surface area contributed by atoms with Gasteiger partial charge in [0, 0.05) is 12.8 Å². The highest BCUT2D eigenvalue weighted by Gasteiger charge is 2.62. The van der Waals surface area contributed by atoms with Crippen molar-refractivity contribution in [3.63, 3.8) is 0 Å². The van der Waals surface area contributed by atoms with Crippen LogP contribution >= 0.6 is 0 Å². The summed E-state index contributed by atoms with van der Waals surface area (Å²) in [5.41, 5.74) is 0. The Hall–Kier alpha value is -2.00. The van der Waals surface area contributed by atoms with Gasteiger partial charge in [-0.25, -0.2) is 9.59 Å². The van der Waals surface area contributed by atoms with E-state index in [-0.39, 0.29) is 0 Å². The number of ether oxygens (including phenoxy) is 6. The van der Waals surface area contributed by atoms with Crippen molar-refractivity contribution in [2.24, 2.45) is 0 Å². The normalized spacial score (nSPS) is 43.1. The Morgan fingerprint density at radius 1 is 0.766 bits per heavy atom. The first kappa shape index (κ1) is 39.4. The molecular formula is C26H42O21. The molecule has 0 spiro atoms. The number of hydrogen-bond donors (Lipinski definition) is 13. The van der Waals surface area contributed by atoms with Crippen molar-refractivity contribution < 1.29 is 104 Å². The highest BCUT2D eigenvalue weighted by Crippen LogP contribution is 2.42. The van der Waals surface area contributed by atoms with E-state index in [1.165, 1.54) is 0 Å². The Bertz CT molecular complexity index is 1060. The van der Waals surface area contributed by atoms with Gasteiger partial charge >= 0.3 is 11.9 Å². The van der Waals surface area contributed by atoms with Crippen molar-refractivity contribution >= 4 is 11.9 Å². The molecule has 21 heteroatoms. The molecule has 21 nitrogen and oxygen atoms in total. The summed E-state index contributed by atoms with van der Waals surface area (Å²) >= 11 is 0. The van der Waals surface area contributed by atoms with Crippen molar-refractivity contribution in [1.82, 2.24) is 0 Å². The number of carboxylic acids is 2. The number of rotatable bonds is 15. The van der Waals surface area contributed by atoms with E-state index in [1.54, 1.807) is 0 Å². The molecule has 47 heavy (non-hydrogen) atoms. The zero-order chi connectivity index (χ0) is 35.4. The van der Waals surface area contributed by atoms with E-state index < -0.39 is 148 Å². The van der Waals surface area contributed by atoms with E-state index in [4.69, 9.17) is 28.4 Å². The third-order valence-electron chi connectivity index (χ3n) is 8.05. The first-order chi connectivity index (χ1) is 22.0. The van der Waals surface area contributed by atoms with Gasteiger partial charge < -0.3 is 94.8 Å². The number of hydrogen-bond acceptors (Lipinski definition) is 19. The molecule has 0 saturated carbocycles. The van der Waals surface area contributed by atoms with Gasteiger partial charge in [-0.15, -0.1) is 6.58 Å². The molecule has 0 aromatic rings. The molecule has 0 unspecified atom stereocenters. The third kappa shape index (κ3) is 8.08. The molecule has 272 valence electrons. The SMILES string of the molecule is C=CCO[C@]1(C(=O)O)C[C@@H](O[C@]2(C(=O)O)C[C@@H](O)[C@@H](O)[C@@H]([C@H](O)CO)O2)[C@@H](O[C@H]2O[C@H]([C@@H](O)CO)[C@@H](O)[C@H](O)[C@@H]2O)[C@@H]([C@H](O)CO)O1.